The molecule has 20 heavy (non-hydrogen) atoms. The van der Waals surface area contributed by atoms with Gasteiger partial charge >= 0.3 is 0 Å². The normalized spacial score (nSPS) is 14.2. The van der Waals surface area contributed by atoms with Crippen LogP contribution in [0.3, 0.4) is 0 Å². The topological polar surface area (TPSA) is 68.1 Å². The van der Waals surface area contributed by atoms with Crippen molar-refractivity contribution in [3.8, 4) is 0 Å². The summed E-state index contributed by atoms with van der Waals surface area (Å²) in [6.45, 7) is 3.01. The third-order valence-corrected chi connectivity index (χ3v) is 3.36. The molecule has 7 heteroatoms. The van der Waals surface area contributed by atoms with Gasteiger partial charge in [0, 0.05) is 45.7 Å². The molecule has 3 rings (SSSR count). The molecule has 0 radical (unpaired) electrons. The van der Waals surface area contributed by atoms with Gasteiger partial charge in [-0.2, -0.15) is 0 Å². The number of nitrogens with one attached hydrogen (secondary N) is 1. The molecule has 0 amide bonds. The summed E-state index contributed by atoms with van der Waals surface area (Å²) in [4.78, 5) is 15.5. The summed E-state index contributed by atoms with van der Waals surface area (Å²) < 4.78 is 7.30. The van der Waals surface area contributed by atoms with E-state index in [0.29, 0.717) is 12.4 Å². The molecule has 0 aromatic carbocycles. The number of hydrogen-bond donors (Lipinski definition) is 1. The number of hydrogen-bond acceptors (Lipinski definition) is 6. The molecule has 1 aliphatic heterocycles. The lowest BCUT2D eigenvalue weighted by molar-refractivity contribution is 0.178. The maximum absolute atomic E-state index is 5.13. The van der Waals surface area contributed by atoms with Gasteiger partial charge in [0.1, 0.15) is 24.1 Å². The predicted molar refractivity (Wildman–Crippen MR) is 75.6 cm³/mol. The number of methoxy groups -OCH3 is 1. The number of aromatic nitrogens is 4. The molecular weight excluding hydrogens is 256 g/mol. The van der Waals surface area contributed by atoms with Crippen molar-refractivity contribution in [3.05, 3.63) is 30.1 Å². The van der Waals surface area contributed by atoms with Crippen molar-refractivity contribution in [2.75, 3.05) is 30.9 Å². The average molecular weight is 274 g/mol. The first-order chi connectivity index (χ1) is 9.80. The fourth-order valence-corrected chi connectivity index (χ4v) is 2.34. The molecule has 0 saturated carbocycles. The zero-order valence-corrected chi connectivity index (χ0v) is 11.7. The van der Waals surface area contributed by atoms with E-state index < -0.39 is 0 Å². The molecule has 1 N–H and O–H groups in total. The van der Waals surface area contributed by atoms with E-state index >= 15 is 0 Å². The van der Waals surface area contributed by atoms with Crippen molar-refractivity contribution >= 4 is 11.6 Å². The predicted octanol–water partition coefficient (Wildman–Crippen LogP) is 0.881. The van der Waals surface area contributed by atoms with Gasteiger partial charge in [-0.1, -0.05) is 0 Å². The van der Waals surface area contributed by atoms with Gasteiger partial charge in [-0.15, -0.1) is 0 Å². The van der Waals surface area contributed by atoms with E-state index in [1.54, 1.807) is 7.11 Å². The first-order valence-corrected chi connectivity index (χ1v) is 6.60. The summed E-state index contributed by atoms with van der Waals surface area (Å²) >= 11 is 0. The summed E-state index contributed by atoms with van der Waals surface area (Å²) in [7, 11) is 3.50. The van der Waals surface area contributed by atoms with Gasteiger partial charge < -0.3 is 19.5 Å². The second-order valence-corrected chi connectivity index (χ2v) is 4.67. The minimum absolute atomic E-state index is 0.408. The molecule has 0 unspecified atom stereocenters. The Balaban J connectivity index is 1.88. The van der Waals surface area contributed by atoms with Crippen LogP contribution in [-0.2, 0) is 24.4 Å². The van der Waals surface area contributed by atoms with Crippen LogP contribution in [-0.4, -0.2) is 40.2 Å². The van der Waals surface area contributed by atoms with Gasteiger partial charge in [-0.25, -0.2) is 15.0 Å². The second-order valence-electron chi connectivity index (χ2n) is 4.67. The molecule has 0 atom stereocenters. The SMILES string of the molecule is CNc1cc(N2CCn3ccnc3C2)nc(COC)n1. The molecule has 0 saturated heterocycles. The Kier molecular flexibility index (Phi) is 3.51. The highest BCUT2D eigenvalue weighted by Crippen LogP contribution is 2.21. The molecule has 0 fully saturated rings. The summed E-state index contributed by atoms with van der Waals surface area (Å²) in [6.07, 6.45) is 3.86. The third kappa shape index (κ3) is 2.44. The van der Waals surface area contributed by atoms with E-state index in [2.05, 4.69) is 29.7 Å². The van der Waals surface area contributed by atoms with Crippen LogP contribution in [0.1, 0.15) is 11.6 Å². The van der Waals surface area contributed by atoms with Crippen LogP contribution in [0.15, 0.2) is 18.5 Å². The molecule has 0 aliphatic carbocycles. The van der Waals surface area contributed by atoms with Crippen LogP contribution in [0.5, 0.6) is 0 Å². The number of rotatable bonds is 4. The fourth-order valence-electron chi connectivity index (χ4n) is 2.34. The fraction of sp³-hybridized carbons (Fsp3) is 0.462. The first-order valence-electron chi connectivity index (χ1n) is 6.60. The zero-order chi connectivity index (χ0) is 13.9. The Morgan fingerprint density at radius 3 is 3.05 bits per heavy atom. The third-order valence-electron chi connectivity index (χ3n) is 3.36. The Morgan fingerprint density at radius 2 is 2.25 bits per heavy atom. The van der Waals surface area contributed by atoms with Crippen LogP contribution >= 0.6 is 0 Å². The highest BCUT2D eigenvalue weighted by molar-refractivity contribution is 5.49. The average Bonchev–Trinajstić information content (AvgIpc) is 2.94. The zero-order valence-electron chi connectivity index (χ0n) is 11.7. The standard InChI is InChI=1S/C13H18N6O/c1-14-10-7-12(17-11(16-10)9-20-2)19-6-5-18-4-3-15-13(18)8-19/h3-4,7H,5-6,8-9H2,1-2H3,(H,14,16,17). The summed E-state index contributed by atoms with van der Waals surface area (Å²) in [5.74, 6) is 3.46. The van der Waals surface area contributed by atoms with Gasteiger partial charge in [0.15, 0.2) is 5.82 Å². The number of anilines is 2. The molecule has 1 aliphatic rings. The lowest BCUT2D eigenvalue weighted by Gasteiger charge is -2.29. The van der Waals surface area contributed by atoms with Gasteiger partial charge in [0.05, 0.1) is 6.54 Å². The molecule has 7 nitrogen and oxygen atoms in total. The van der Waals surface area contributed by atoms with E-state index in [-0.39, 0.29) is 0 Å². The maximum atomic E-state index is 5.13. The smallest absolute Gasteiger partial charge is 0.158 e. The molecule has 2 aromatic heterocycles. The Hall–Kier alpha value is -2.15. The largest absolute Gasteiger partial charge is 0.377 e. The molecule has 0 bridgehead atoms. The van der Waals surface area contributed by atoms with Gasteiger partial charge in [-0.3, -0.25) is 0 Å². The van der Waals surface area contributed by atoms with Crippen LogP contribution < -0.4 is 10.2 Å². The molecule has 0 spiro atoms. The van der Waals surface area contributed by atoms with Gasteiger partial charge in [0.25, 0.3) is 0 Å². The van der Waals surface area contributed by atoms with E-state index in [1.165, 1.54) is 0 Å². The highest BCUT2D eigenvalue weighted by Gasteiger charge is 2.19. The van der Waals surface area contributed by atoms with E-state index in [4.69, 9.17) is 4.74 Å². The van der Waals surface area contributed by atoms with Crippen LogP contribution in [0, 0.1) is 0 Å². The number of nitrogens with zero attached hydrogens (tertiary/aromatic N) is 5. The lowest BCUT2D eigenvalue weighted by Crippen LogP contribution is -2.34. The monoisotopic (exact) mass is 274 g/mol. The van der Waals surface area contributed by atoms with Gasteiger partial charge in [-0.05, 0) is 0 Å². The van der Waals surface area contributed by atoms with E-state index in [0.717, 1.165) is 37.1 Å². The quantitative estimate of drug-likeness (QED) is 0.892. The van der Waals surface area contributed by atoms with E-state index in [1.807, 2.05) is 25.5 Å². The van der Waals surface area contributed by atoms with Crippen molar-refractivity contribution in [1.29, 1.82) is 0 Å². The van der Waals surface area contributed by atoms with Crippen LogP contribution in [0.4, 0.5) is 11.6 Å². The lowest BCUT2D eigenvalue weighted by atomic mass is 10.3. The molecular formula is C13H18N6O. The Labute approximate surface area is 117 Å². The van der Waals surface area contributed by atoms with Gasteiger partial charge in [0.2, 0.25) is 0 Å². The molecule has 3 heterocycles. The van der Waals surface area contributed by atoms with Crippen molar-refractivity contribution in [3.63, 3.8) is 0 Å². The van der Waals surface area contributed by atoms with Crippen molar-refractivity contribution in [2.45, 2.75) is 19.7 Å². The number of fused-ring (bicyclic) bond motifs is 1. The van der Waals surface area contributed by atoms with Crippen molar-refractivity contribution in [1.82, 2.24) is 19.5 Å². The Morgan fingerprint density at radius 1 is 1.35 bits per heavy atom. The minimum atomic E-state index is 0.408. The van der Waals surface area contributed by atoms with Crippen molar-refractivity contribution < 1.29 is 4.74 Å². The second kappa shape index (κ2) is 5.46. The molecule has 106 valence electrons. The van der Waals surface area contributed by atoms with Crippen LogP contribution in [0.25, 0.3) is 0 Å². The number of imidazole rings is 1. The summed E-state index contributed by atoms with van der Waals surface area (Å²) in [5, 5.41) is 3.07. The molecule has 2 aromatic rings. The number of ether oxygens (including phenoxy) is 1. The Bertz CT molecular complexity index is 596. The van der Waals surface area contributed by atoms with Crippen LogP contribution in [0.2, 0.25) is 0 Å². The minimum Gasteiger partial charge on any atom is -0.377 e. The maximum Gasteiger partial charge on any atom is 0.158 e. The summed E-state index contributed by atoms with van der Waals surface area (Å²) in [6, 6.07) is 1.96. The summed E-state index contributed by atoms with van der Waals surface area (Å²) in [5.41, 5.74) is 0. The van der Waals surface area contributed by atoms with E-state index in [9.17, 15) is 0 Å². The first kappa shape index (κ1) is 12.9. The highest BCUT2D eigenvalue weighted by atomic mass is 16.5. The van der Waals surface area contributed by atoms with Crippen molar-refractivity contribution in [2.24, 2.45) is 0 Å².